The Morgan fingerprint density at radius 1 is 1.30 bits per heavy atom. The molecule has 3 rings (SSSR count). The van der Waals surface area contributed by atoms with Crippen molar-refractivity contribution in [1.29, 1.82) is 0 Å². The van der Waals surface area contributed by atoms with Crippen molar-refractivity contribution in [3.63, 3.8) is 0 Å². The van der Waals surface area contributed by atoms with E-state index in [0.717, 1.165) is 25.6 Å². The number of nitrogens with zero attached hydrogens (tertiary/aromatic N) is 3. The fourth-order valence-corrected chi connectivity index (χ4v) is 3.56. The highest BCUT2D eigenvalue weighted by Crippen LogP contribution is 2.22. The average molecular weight is 333 g/mol. The molecular formula is C16H19N3O3S. The molecule has 1 amide bonds. The van der Waals surface area contributed by atoms with E-state index in [1.54, 1.807) is 18.3 Å². The molecule has 122 valence electrons. The van der Waals surface area contributed by atoms with Crippen LogP contribution in [0.25, 0.3) is 0 Å². The van der Waals surface area contributed by atoms with E-state index in [1.165, 1.54) is 12.1 Å². The summed E-state index contributed by atoms with van der Waals surface area (Å²) in [6.45, 7) is 1.40. The number of hydrogen-bond donors (Lipinski definition) is 0. The third kappa shape index (κ3) is 3.44. The molecule has 23 heavy (non-hydrogen) atoms. The predicted molar refractivity (Wildman–Crippen MR) is 85.8 cm³/mol. The number of amides is 1. The summed E-state index contributed by atoms with van der Waals surface area (Å²) in [4.78, 5) is 14.8. The molecule has 0 N–H and O–H groups in total. The van der Waals surface area contributed by atoms with E-state index < -0.39 is 9.84 Å². The smallest absolute Gasteiger partial charge is 0.254 e. The molecule has 0 bridgehead atoms. The van der Waals surface area contributed by atoms with Crippen molar-refractivity contribution in [2.75, 3.05) is 12.8 Å². The Morgan fingerprint density at radius 2 is 2.04 bits per heavy atom. The maximum Gasteiger partial charge on any atom is 0.254 e. The Bertz CT molecular complexity index is 782. The Hall–Kier alpha value is -2.15. The van der Waals surface area contributed by atoms with E-state index in [-0.39, 0.29) is 16.8 Å². The Balaban J connectivity index is 1.76. The number of benzene rings is 1. The van der Waals surface area contributed by atoms with Crippen molar-refractivity contribution >= 4 is 15.7 Å². The largest absolute Gasteiger partial charge is 0.334 e. The van der Waals surface area contributed by atoms with Crippen molar-refractivity contribution in [3.05, 3.63) is 48.3 Å². The Labute approximate surface area is 135 Å². The van der Waals surface area contributed by atoms with Gasteiger partial charge in [0.2, 0.25) is 0 Å². The van der Waals surface area contributed by atoms with Crippen LogP contribution in [0.2, 0.25) is 0 Å². The normalized spacial score (nSPS) is 18.3. The third-order valence-electron chi connectivity index (χ3n) is 4.12. The van der Waals surface area contributed by atoms with Crippen molar-refractivity contribution in [1.82, 2.24) is 14.7 Å². The number of carbonyl (C=O) groups is 1. The minimum absolute atomic E-state index is 0.0558. The third-order valence-corrected chi connectivity index (χ3v) is 5.25. The van der Waals surface area contributed by atoms with Crippen LogP contribution < -0.4 is 0 Å². The number of rotatable bonds is 4. The molecule has 0 saturated carbocycles. The average Bonchev–Trinajstić information content (AvgIpc) is 3.18. The van der Waals surface area contributed by atoms with Gasteiger partial charge < -0.3 is 4.90 Å². The van der Waals surface area contributed by atoms with Gasteiger partial charge in [-0.3, -0.25) is 9.48 Å². The molecule has 0 unspecified atom stereocenters. The molecule has 6 nitrogen and oxygen atoms in total. The number of hydrogen-bond acceptors (Lipinski definition) is 4. The maximum absolute atomic E-state index is 12.7. The van der Waals surface area contributed by atoms with Crippen LogP contribution in [-0.2, 0) is 16.4 Å². The van der Waals surface area contributed by atoms with Gasteiger partial charge in [-0.2, -0.15) is 5.10 Å². The first-order valence-corrected chi connectivity index (χ1v) is 9.43. The summed E-state index contributed by atoms with van der Waals surface area (Å²) in [7, 11) is -3.25. The second-order valence-electron chi connectivity index (χ2n) is 5.82. The second kappa shape index (κ2) is 6.16. The zero-order valence-electron chi connectivity index (χ0n) is 12.9. The zero-order valence-corrected chi connectivity index (χ0v) is 13.7. The Kier molecular flexibility index (Phi) is 4.21. The van der Waals surface area contributed by atoms with Crippen molar-refractivity contribution in [2.45, 2.75) is 30.3 Å². The molecule has 1 atom stereocenters. The van der Waals surface area contributed by atoms with E-state index in [1.807, 2.05) is 21.8 Å². The van der Waals surface area contributed by atoms with Gasteiger partial charge in [0.1, 0.15) is 0 Å². The lowest BCUT2D eigenvalue weighted by Crippen LogP contribution is -2.38. The lowest BCUT2D eigenvalue weighted by atomic mass is 10.1. The monoisotopic (exact) mass is 333 g/mol. The molecule has 0 radical (unpaired) electrons. The van der Waals surface area contributed by atoms with Gasteiger partial charge in [-0.25, -0.2) is 8.42 Å². The number of likely N-dealkylation sites (tertiary alicyclic amines) is 1. The summed E-state index contributed by atoms with van der Waals surface area (Å²) >= 11 is 0. The van der Waals surface area contributed by atoms with Crippen LogP contribution >= 0.6 is 0 Å². The molecule has 1 fully saturated rings. The summed E-state index contributed by atoms with van der Waals surface area (Å²) in [5.74, 6) is -0.0558. The highest BCUT2D eigenvalue weighted by molar-refractivity contribution is 7.90. The summed E-state index contributed by atoms with van der Waals surface area (Å²) in [6, 6.07) is 8.13. The van der Waals surface area contributed by atoms with Crippen LogP contribution in [0, 0.1) is 0 Å². The zero-order chi connectivity index (χ0) is 16.4. The molecule has 2 heterocycles. The van der Waals surface area contributed by atoms with E-state index in [2.05, 4.69) is 5.10 Å². The van der Waals surface area contributed by atoms with Gasteiger partial charge in [-0.05, 0) is 43.2 Å². The van der Waals surface area contributed by atoms with Crippen LogP contribution in [0.4, 0.5) is 0 Å². The SMILES string of the molecule is CS(=O)(=O)c1ccc(C(=O)N2CCC[C@@H]2Cn2cccn2)cc1. The molecule has 7 heteroatoms. The number of carbonyl (C=O) groups excluding carboxylic acids is 1. The molecule has 1 saturated heterocycles. The summed E-state index contributed by atoms with van der Waals surface area (Å²) in [6.07, 6.45) is 6.70. The highest BCUT2D eigenvalue weighted by atomic mass is 32.2. The second-order valence-corrected chi connectivity index (χ2v) is 7.83. The van der Waals surface area contributed by atoms with Gasteiger partial charge >= 0.3 is 0 Å². The number of aromatic nitrogens is 2. The first-order chi connectivity index (χ1) is 10.9. The molecule has 0 aliphatic carbocycles. The van der Waals surface area contributed by atoms with Crippen molar-refractivity contribution in [2.24, 2.45) is 0 Å². The standard InChI is InChI=1S/C16H19N3O3S/c1-23(21,22)15-7-5-13(6-8-15)16(20)19-11-2-4-14(19)12-18-10-3-9-17-18/h3,5-10,14H,2,4,11-12H2,1H3/t14-/m1/s1. The summed E-state index contributed by atoms with van der Waals surface area (Å²) < 4.78 is 24.8. The Morgan fingerprint density at radius 3 is 2.65 bits per heavy atom. The van der Waals surface area contributed by atoms with Gasteiger partial charge in [0.25, 0.3) is 5.91 Å². The van der Waals surface area contributed by atoms with Gasteiger partial charge in [-0.15, -0.1) is 0 Å². The minimum Gasteiger partial charge on any atom is -0.334 e. The van der Waals surface area contributed by atoms with Gasteiger partial charge in [-0.1, -0.05) is 0 Å². The molecular weight excluding hydrogens is 314 g/mol. The molecule has 1 aliphatic rings. The molecule has 1 aromatic heterocycles. The lowest BCUT2D eigenvalue weighted by molar-refractivity contribution is 0.0721. The maximum atomic E-state index is 12.7. The van der Waals surface area contributed by atoms with Crippen LogP contribution in [0.1, 0.15) is 23.2 Å². The fraction of sp³-hybridized carbons (Fsp3) is 0.375. The topological polar surface area (TPSA) is 72.3 Å². The van der Waals surface area contributed by atoms with E-state index in [0.29, 0.717) is 12.1 Å². The van der Waals surface area contributed by atoms with E-state index >= 15 is 0 Å². The van der Waals surface area contributed by atoms with Crippen LogP contribution in [0.5, 0.6) is 0 Å². The van der Waals surface area contributed by atoms with Crippen LogP contribution in [0.3, 0.4) is 0 Å². The molecule has 0 spiro atoms. The lowest BCUT2D eigenvalue weighted by Gasteiger charge is -2.25. The fourth-order valence-electron chi connectivity index (χ4n) is 2.93. The predicted octanol–water partition coefficient (Wildman–Crippen LogP) is 1.59. The first kappa shape index (κ1) is 15.7. The van der Waals surface area contributed by atoms with Gasteiger partial charge in [0.05, 0.1) is 17.5 Å². The van der Waals surface area contributed by atoms with Crippen LogP contribution in [0.15, 0.2) is 47.6 Å². The molecule has 1 aliphatic heterocycles. The molecule has 2 aromatic rings. The van der Waals surface area contributed by atoms with Crippen LogP contribution in [-0.4, -0.2) is 47.8 Å². The highest BCUT2D eigenvalue weighted by Gasteiger charge is 2.29. The minimum atomic E-state index is -3.25. The van der Waals surface area contributed by atoms with Crippen molar-refractivity contribution < 1.29 is 13.2 Å². The van der Waals surface area contributed by atoms with Gasteiger partial charge in [0, 0.05) is 30.8 Å². The number of sulfone groups is 1. The summed E-state index contributed by atoms with van der Waals surface area (Å²) in [5.41, 5.74) is 0.518. The van der Waals surface area contributed by atoms with Gasteiger partial charge in [0.15, 0.2) is 9.84 Å². The quantitative estimate of drug-likeness (QED) is 0.852. The van der Waals surface area contributed by atoms with Crippen molar-refractivity contribution in [3.8, 4) is 0 Å². The summed E-state index contributed by atoms with van der Waals surface area (Å²) in [5, 5.41) is 4.20. The molecule has 1 aromatic carbocycles. The van der Waals surface area contributed by atoms with E-state index in [4.69, 9.17) is 0 Å². The first-order valence-electron chi connectivity index (χ1n) is 7.54. The van der Waals surface area contributed by atoms with E-state index in [9.17, 15) is 13.2 Å².